The second-order valence-corrected chi connectivity index (χ2v) is 5.22. The van der Waals surface area contributed by atoms with E-state index in [2.05, 4.69) is 15.5 Å². The minimum atomic E-state index is -0.542. The molecule has 0 aliphatic heterocycles. The summed E-state index contributed by atoms with van der Waals surface area (Å²) in [6.45, 7) is 0. The molecule has 0 spiro atoms. The predicted molar refractivity (Wildman–Crippen MR) is 63.6 cm³/mol. The third-order valence-electron chi connectivity index (χ3n) is 3.69. The maximum atomic E-state index is 11.9. The van der Waals surface area contributed by atoms with Crippen molar-refractivity contribution in [2.45, 2.75) is 49.9 Å². The normalized spacial score (nSPS) is 30.5. The Bertz CT molecular complexity index is 471. The smallest absolute Gasteiger partial charge is 0.315 e. The third kappa shape index (κ3) is 2.62. The number of nitrogens with one attached hydrogen (secondary N) is 1. The fraction of sp³-hybridized carbons (Fsp3) is 0.750. The van der Waals surface area contributed by atoms with Crippen LogP contribution in [0.3, 0.4) is 0 Å². The van der Waals surface area contributed by atoms with E-state index in [1.807, 2.05) is 0 Å². The topological polar surface area (TPSA) is 97.5 Å². The van der Waals surface area contributed by atoms with Crippen molar-refractivity contribution < 1.29 is 19.2 Å². The summed E-state index contributed by atoms with van der Waals surface area (Å²) in [4.78, 5) is 16.0. The molecule has 0 saturated heterocycles. The Morgan fingerprint density at radius 3 is 2.89 bits per heavy atom. The SMILES string of the molecule is CO[C@@H]1C[C@H](NC(=O)c2nc(C3CC3)no2)C[C@@H]1O. The molecule has 1 amide bonds. The van der Waals surface area contributed by atoms with Crippen molar-refractivity contribution in [3.05, 3.63) is 11.7 Å². The molecule has 0 radical (unpaired) electrons. The number of hydrogen-bond acceptors (Lipinski definition) is 6. The molecule has 7 nitrogen and oxygen atoms in total. The summed E-state index contributed by atoms with van der Waals surface area (Å²) < 4.78 is 10.1. The van der Waals surface area contributed by atoms with E-state index in [0.717, 1.165) is 12.8 Å². The lowest BCUT2D eigenvalue weighted by Gasteiger charge is -2.11. The van der Waals surface area contributed by atoms with E-state index in [-0.39, 0.29) is 23.9 Å². The number of carbonyl (C=O) groups excluding carboxylic acids is 1. The summed E-state index contributed by atoms with van der Waals surface area (Å²) in [7, 11) is 1.55. The van der Waals surface area contributed by atoms with E-state index in [1.54, 1.807) is 7.11 Å². The zero-order valence-electron chi connectivity index (χ0n) is 10.7. The van der Waals surface area contributed by atoms with Crippen LogP contribution in [0.15, 0.2) is 4.52 Å². The van der Waals surface area contributed by atoms with Crippen molar-refractivity contribution in [2.24, 2.45) is 0 Å². The van der Waals surface area contributed by atoms with Crippen molar-refractivity contribution in [2.75, 3.05) is 7.11 Å². The number of rotatable bonds is 4. The molecule has 1 aromatic rings. The highest BCUT2D eigenvalue weighted by Crippen LogP contribution is 2.38. The molecule has 2 N–H and O–H groups in total. The molecule has 0 bridgehead atoms. The van der Waals surface area contributed by atoms with Crippen LogP contribution in [0.25, 0.3) is 0 Å². The molecule has 104 valence electrons. The van der Waals surface area contributed by atoms with Crippen LogP contribution in [-0.2, 0) is 4.74 Å². The Morgan fingerprint density at radius 2 is 2.26 bits per heavy atom. The summed E-state index contributed by atoms with van der Waals surface area (Å²) in [6.07, 6.45) is 2.42. The Balaban J connectivity index is 1.58. The lowest BCUT2D eigenvalue weighted by molar-refractivity contribution is 0.00979. The minimum absolute atomic E-state index is 0.00254. The van der Waals surface area contributed by atoms with Gasteiger partial charge in [-0.1, -0.05) is 5.16 Å². The molecule has 2 aliphatic carbocycles. The summed E-state index contributed by atoms with van der Waals surface area (Å²) >= 11 is 0. The molecule has 7 heteroatoms. The molecule has 2 saturated carbocycles. The maximum Gasteiger partial charge on any atom is 0.315 e. The standard InChI is InChI=1S/C12H17N3O4/c1-18-9-5-7(4-8(9)16)13-11(17)12-14-10(15-19-12)6-2-3-6/h6-9,16H,2-5H2,1H3,(H,13,17)/t7-,8+,9-/m1/s1. The number of aliphatic hydroxyl groups is 1. The van der Waals surface area contributed by atoms with Crippen molar-refractivity contribution >= 4 is 5.91 Å². The highest BCUT2D eigenvalue weighted by Gasteiger charge is 2.35. The van der Waals surface area contributed by atoms with Crippen molar-refractivity contribution in [1.29, 1.82) is 0 Å². The summed E-state index contributed by atoms with van der Waals surface area (Å²) in [5.41, 5.74) is 0. The molecule has 0 aromatic carbocycles. The average Bonchev–Trinajstić information content (AvgIpc) is 3.01. The van der Waals surface area contributed by atoms with E-state index in [1.165, 1.54) is 0 Å². The first-order chi connectivity index (χ1) is 9.17. The number of nitrogens with zero attached hydrogens (tertiary/aromatic N) is 2. The molecule has 1 aromatic heterocycles. The van der Waals surface area contributed by atoms with E-state index in [9.17, 15) is 9.90 Å². The number of amides is 1. The maximum absolute atomic E-state index is 11.9. The molecule has 3 atom stereocenters. The first-order valence-electron chi connectivity index (χ1n) is 6.52. The Labute approximate surface area is 110 Å². The second kappa shape index (κ2) is 4.90. The van der Waals surface area contributed by atoms with Gasteiger partial charge in [0.1, 0.15) is 0 Å². The van der Waals surface area contributed by atoms with E-state index in [4.69, 9.17) is 9.26 Å². The van der Waals surface area contributed by atoms with Gasteiger partial charge in [0, 0.05) is 19.1 Å². The van der Waals surface area contributed by atoms with Gasteiger partial charge in [-0.3, -0.25) is 4.79 Å². The Kier molecular flexibility index (Phi) is 3.24. The largest absolute Gasteiger partial charge is 0.390 e. The third-order valence-corrected chi connectivity index (χ3v) is 3.69. The van der Waals surface area contributed by atoms with Gasteiger partial charge >= 0.3 is 11.8 Å². The van der Waals surface area contributed by atoms with Crippen molar-refractivity contribution in [3.8, 4) is 0 Å². The van der Waals surface area contributed by atoms with Gasteiger partial charge < -0.3 is 19.7 Å². The average molecular weight is 267 g/mol. The van der Waals surface area contributed by atoms with Crippen LogP contribution < -0.4 is 5.32 Å². The fourth-order valence-corrected chi connectivity index (χ4v) is 2.43. The molecule has 1 heterocycles. The Morgan fingerprint density at radius 1 is 1.47 bits per heavy atom. The number of hydrogen-bond donors (Lipinski definition) is 2. The lowest BCUT2D eigenvalue weighted by Crippen LogP contribution is -2.33. The first-order valence-corrected chi connectivity index (χ1v) is 6.52. The van der Waals surface area contributed by atoms with E-state index < -0.39 is 6.10 Å². The summed E-state index contributed by atoms with van der Waals surface area (Å²) in [5.74, 6) is 0.591. The molecule has 19 heavy (non-hydrogen) atoms. The highest BCUT2D eigenvalue weighted by molar-refractivity contribution is 5.89. The number of ether oxygens (including phenoxy) is 1. The molecular formula is C12H17N3O4. The zero-order chi connectivity index (χ0) is 13.4. The van der Waals surface area contributed by atoms with Crippen molar-refractivity contribution in [1.82, 2.24) is 15.5 Å². The molecule has 3 rings (SSSR count). The van der Waals surface area contributed by atoms with Crippen LogP contribution in [0.1, 0.15) is 48.1 Å². The monoisotopic (exact) mass is 267 g/mol. The minimum Gasteiger partial charge on any atom is -0.390 e. The number of methoxy groups -OCH3 is 1. The van der Waals surface area contributed by atoms with Crippen LogP contribution in [0.4, 0.5) is 0 Å². The molecule has 2 aliphatic rings. The summed E-state index contributed by atoms with van der Waals surface area (Å²) in [6, 6.07) is -0.122. The number of carbonyl (C=O) groups is 1. The van der Waals surface area contributed by atoms with Crippen LogP contribution in [0.5, 0.6) is 0 Å². The van der Waals surface area contributed by atoms with Crippen LogP contribution in [0.2, 0.25) is 0 Å². The fourth-order valence-electron chi connectivity index (χ4n) is 2.43. The Hall–Kier alpha value is -1.47. The second-order valence-electron chi connectivity index (χ2n) is 5.22. The van der Waals surface area contributed by atoms with Crippen molar-refractivity contribution in [3.63, 3.8) is 0 Å². The van der Waals surface area contributed by atoms with Gasteiger partial charge in [0.2, 0.25) is 0 Å². The van der Waals surface area contributed by atoms with Gasteiger partial charge in [-0.25, -0.2) is 0 Å². The van der Waals surface area contributed by atoms with Crippen LogP contribution in [-0.4, -0.2) is 46.5 Å². The van der Waals surface area contributed by atoms with Gasteiger partial charge in [0.25, 0.3) is 0 Å². The molecule has 2 fully saturated rings. The number of aromatic nitrogens is 2. The zero-order valence-corrected chi connectivity index (χ0v) is 10.7. The van der Waals surface area contributed by atoms with Gasteiger partial charge in [-0.05, 0) is 25.7 Å². The first kappa shape index (κ1) is 12.6. The summed E-state index contributed by atoms with van der Waals surface area (Å²) in [5, 5.41) is 16.3. The quantitative estimate of drug-likeness (QED) is 0.809. The number of aliphatic hydroxyl groups excluding tert-OH is 1. The van der Waals surface area contributed by atoms with E-state index in [0.29, 0.717) is 24.6 Å². The van der Waals surface area contributed by atoms with Crippen LogP contribution >= 0.6 is 0 Å². The van der Waals surface area contributed by atoms with Gasteiger partial charge in [0.05, 0.1) is 12.2 Å². The van der Waals surface area contributed by atoms with E-state index >= 15 is 0 Å². The molecular weight excluding hydrogens is 250 g/mol. The van der Waals surface area contributed by atoms with Gasteiger partial charge in [0.15, 0.2) is 5.82 Å². The predicted octanol–water partition coefficient (Wildman–Crippen LogP) is 0.215. The highest BCUT2D eigenvalue weighted by atomic mass is 16.5. The van der Waals surface area contributed by atoms with Crippen LogP contribution in [0, 0.1) is 0 Å². The molecule has 0 unspecified atom stereocenters. The van der Waals surface area contributed by atoms with Gasteiger partial charge in [-0.15, -0.1) is 0 Å². The lowest BCUT2D eigenvalue weighted by atomic mass is 10.2. The van der Waals surface area contributed by atoms with Gasteiger partial charge in [-0.2, -0.15) is 4.98 Å².